The van der Waals surface area contributed by atoms with E-state index in [0.717, 1.165) is 34.2 Å². The molecular weight excluding hydrogens is 438 g/mol. The number of para-hydroxylation sites is 1. The van der Waals surface area contributed by atoms with Gasteiger partial charge in [0, 0.05) is 36.1 Å². The number of carbonyl (C=O) groups is 1. The molecule has 8 nitrogen and oxygen atoms in total. The first-order chi connectivity index (χ1) is 16.1. The van der Waals surface area contributed by atoms with Gasteiger partial charge in [0.25, 0.3) is 0 Å². The number of nitrogens with one attached hydrogen (secondary N) is 3. The zero-order valence-corrected chi connectivity index (χ0v) is 19.4. The van der Waals surface area contributed by atoms with E-state index in [-0.39, 0.29) is 23.3 Å². The van der Waals surface area contributed by atoms with Crippen LogP contribution < -0.4 is 15.7 Å². The van der Waals surface area contributed by atoms with Crippen molar-refractivity contribution in [3.63, 3.8) is 0 Å². The monoisotopic (exact) mass is 465 g/mol. The minimum absolute atomic E-state index is 0.0374. The molecule has 0 spiro atoms. The first-order valence-electron chi connectivity index (χ1n) is 10.8. The van der Waals surface area contributed by atoms with Gasteiger partial charge in [-0.2, -0.15) is 0 Å². The van der Waals surface area contributed by atoms with Crippen LogP contribution in [0, 0.1) is 0 Å². The second kappa shape index (κ2) is 10.4. The van der Waals surface area contributed by atoms with Gasteiger partial charge in [0.05, 0.1) is 12.9 Å². The molecule has 0 radical (unpaired) electrons. The highest BCUT2D eigenvalue weighted by Gasteiger charge is 2.20. The van der Waals surface area contributed by atoms with Gasteiger partial charge >= 0.3 is 5.69 Å². The lowest BCUT2D eigenvalue weighted by molar-refractivity contribution is -0.118. The molecule has 172 valence electrons. The molecule has 0 bridgehead atoms. The number of ether oxygens (including phenoxy) is 1. The van der Waals surface area contributed by atoms with Crippen molar-refractivity contribution in [3.8, 4) is 5.75 Å². The van der Waals surface area contributed by atoms with E-state index in [0.29, 0.717) is 18.2 Å². The number of carbonyl (C=O) groups excluding carboxylic acids is 1. The summed E-state index contributed by atoms with van der Waals surface area (Å²) in [6, 6.07) is 16.0. The maximum absolute atomic E-state index is 12.7. The van der Waals surface area contributed by atoms with E-state index in [1.165, 1.54) is 11.8 Å². The molecule has 0 fully saturated rings. The van der Waals surface area contributed by atoms with Crippen LogP contribution in [0.15, 0.2) is 64.7 Å². The second-order valence-electron chi connectivity index (χ2n) is 7.67. The molecule has 4 aromatic rings. The number of fused-ring (bicyclic) bond motifs is 1. The van der Waals surface area contributed by atoms with Crippen molar-refractivity contribution in [2.24, 2.45) is 0 Å². The molecule has 0 unspecified atom stereocenters. The Hall–Kier alpha value is -3.46. The number of H-pyrrole nitrogens is 2. The molecule has 0 aliphatic heterocycles. The molecule has 0 aliphatic carbocycles. The summed E-state index contributed by atoms with van der Waals surface area (Å²) in [4.78, 5) is 27.9. The SMILES string of the molecule is CCCn1c(SCC(=O)NC[C@@H](c2ccc(OC)cc2)c2c[nH]c3ccccc23)n[nH]c1=O. The van der Waals surface area contributed by atoms with Gasteiger partial charge in [0.2, 0.25) is 5.91 Å². The number of nitrogens with zero attached hydrogens (tertiary/aromatic N) is 2. The number of hydrogen-bond acceptors (Lipinski definition) is 5. The van der Waals surface area contributed by atoms with Gasteiger partial charge in [-0.3, -0.25) is 9.36 Å². The average Bonchev–Trinajstić information content (AvgIpc) is 3.42. The summed E-state index contributed by atoms with van der Waals surface area (Å²) >= 11 is 1.25. The molecule has 4 rings (SSSR count). The molecule has 1 atom stereocenters. The van der Waals surface area contributed by atoms with E-state index >= 15 is 0 Å². The van der Waals surface area contributed by atoms with Gasteiger partial charge in [-0.15, -0.1) is 5.10 Å². The maximum Gasteiger partial charge on any atom is 0.343 e. The fourth-order valence-electron chi connectivity index (χ4n) is 3.86. The minimum atomic E-state index is -0.251. The van der Waals surface area contributed by atoms with Crippen molar-refractivity contribution >= 4 is 28.6 Å². The van der Waals surface area contributed by atoms with Crippen molar-refractivity contribution < 1.29 is 9.53 Å². The van der Waals surface area contributed by atoms with Gasteiger partial charge < -0.3 is 15.0 Å². The molecule has 1 amide bonds. The molecule has 33 heavy (non-hydrogen) atoms. The van der Waals surface area contributed by atoms with Crippen molar-refractivity contribution in [2.45, 2.75) is 31.0 Å². The van der Waals surface area contributed by atoms with Crippen LogP contribution in [0.3, 0.4) is 0 Å². The maximum atomic E-state index is 12.7. The molecule has 0 saturated carbocycles. The van der Waals surface area contributed by atoms with Crippen molar-refractivity contribution in [3.05, 3.63) is 76.3 Å². The molecule has 0 aliphatic rings. The minimum Gasteiger partial charge on any atom is -0.497 e. The van der Waals surface area contributed by atoms with Crippen molar-refractivity contribution in [2.75, 3.05) is 19.4 Å². The number of amides is 1. The Morgan fingerprint density at radius 3 is 2.76 bits per heavy atom. The number of benzene rings is 2. The van der Waals surface area contributed by atoms with Crippen LogP contribution in [-0.4, -0.2) is 45.1 Å². The van der Waals surface area contributed by atoms with E-state index < -0.39 is 0 Å². The van der Waals surface area contributed by atoms with Gasteiger partial charge in [-0.1, -0.05) is 49.0 Å². The zero-order valence-electron chi connectivity index (χ0n) is 18.6. The average molecular weight is 466 g/mol. The summed E-state index contributed by atoms with van der Waals surface area (Å²) < 4.78 is 6.86. The number of thioether (sulfide) groups is 1. The van der Waals surface area contributed by atoms with Gasteiger partial charge in [0.1, 0.15) is 5.75 Å². The largest absolute Gasteiger partial charge is 0.497 e. The third-order valence-electron chi connectivity index (χ3n) is 5.52. The fourth-order valence-corrected chi connectivity index (χ4v) is 4.66. The van der Waals surface area contributed by atoms with Crippen LogP contribution >= 0.6 is 11.8 Å². The molecular formula is C24H27N5O3S. The van der Waals surface area contributed by atoms with Crippen LogP contribution in [0.2, 0.25) is 0 Å². The third-order valence-corrected chi connectivity index (χ3v) is 6.50. The normalized spacial score (nSPS) is 12.1. The summed E-state index contributed by atoms with van der Waals surface area (Å²) in [6.45, 7) is 3.00. The summed E-state index contributed by atoms with van der Waals surface area (Å²) in [5.74, 6) is 0.813. The van der Waals surface area contributed by atoms with Crippen LogP contribution in [0.25, 0.3) is 10.9 Å². The Morgan fingerprint density at radius 2 is 2.00 bits per heavy atom. The predicted molar refractivity (Wildman–Crippen MR) is 130 cm³/mol. The van der Waals surface area contributed by atoms with E-state index in [4.69, 9.17) is 4.74 Å². The highest BCUT2D eigenvalue weighted by Crippen LogP contribution is 2.31. The number of hydrogen-bond donors (Lipinski definition) is 3. The van der Waals surface area contributed by atoms with Crippen LogP contribution in [0.1, 0.15) is 30.4 Å². The van der Waals surface area contributed by atoms with E-state index in [1.807, 2.05) is 55.6 Å². The summed E-state index contributed by atoms with van der Waals surface area (Å²) in [5, 5.41) is 11.2. The molecule has 0 saturated heterocycles. The van der Waals surface area contributed by atoms with E-state index in [1.54, 1.807) is 11.7 Å². The van der Waals surface area contributed by atoms with E-state index in [9.17, 15) is 9.59 Å². The van der Waals surface area contributed by atoms with Crippen LogP contribution in [0.5, 0.6) is 5.75 Å². The Morgan fingerprint density at radius 1 is 1.21 bits per heavy atom. The molecule has 9 heteroatoms. The lowest BCUT2D eigenvalue weighted by atomic mass is 9.91. The summed E-state index contributed by atoms with van der Waals surface area (Å²) in [7, 11) is 1.64. The Balaban J connectivity index is 1.49. The molecule has 2 heterocycles. The second-order valence-corrected chi connectivity index (χ2v) is 8.61. The smallest absolute Gasteiger partial charge is 0.343 e. The zero-order chi connectivity index (χ0) is 23.2. The summed E-state index contributed by atoms with van der Waals surface area (Å²) in [6.07, 6.45) is 2.82. The molecule has 2 aromatic carbocycles. The van der Waals surface area contributed by atoms with Gasteiger partial charge in [-0.25, -0.2) is 9.89 Å². The van der Waals surface area contributed by atoms with Crippen LogP contribution in [-0.2, 0) is 11.3 Å². The number of aromatic amines is 2. The topological polar surface area (TPSA) is 105 Å². The molecule has 2 aromatic heterocycles. The van der Waals surface area contributed by atoms with E-state index in [2.05, 4.69) is 26.6 Å². The Labute approximate surface area is 195 Å². The van der Waals surface area contributed by atoms with Crippen molar-refractivity contribution in [1.29, 1.82) is 0 Å². The van der Waals surface area contributed by atoms with Gasteiger partial charge in [0.15, 0.2) is 5.16 Å². The number of aromatic nitrogens is 4. The molecule has 3 N–H and O–H groups in total. The van der Waals surface area contributed by atoms with Gasteiger partial charge in [-0.05, 0) is 35.7 Å². The number of methoxy groups -OCH3 is 1. The highest BCUT2D eigenvalue weighted by atomic mass is 32.2. The Kier molecular flexibility index (Phi) is 7.19. The standard InChI is InChI=1S/C24H27N5O3S/c1-3-12-29-23(31)27-28-24(29)33-15-22(30)26-13-19(16-8-10-17(32-2)11-9-16)20-14-25-21-7-5-4-6-18(20)21/h4-11,14,19,25H,3,12-13,15H2,1-2H3,(H,26,30)(H,27,31)/t19-/m0/s1. The lowest BCUT2D eigenvalue weighted by Crippen LogP contribution is -2.30. The third kappa shape index (κ3) is 5.14. The summed E-state index contributed by atoms with van der Waals surface area (Å²) in [5.41, 5.74) is 3.00. The lowest BCUT2D eigenvalue weighted by Gasteiger charge is -2.18. The quantitative estimate of drug-likeness (QED) is 0.311. The Bertz CT molecular complexity index is 1280. The predicted octanol–water partition coefficient (Wildman–Crippen LogP) is 3.51. The fraction of sp³-hybridized carbons (Fsp3) is 0.292. The number of rotatable bonds is 10. The first-order valence-corrected chi connectivity index (χ1v) is 11.8. The highest BCUT2D eigenvalue weighted by molar-refractivity contribution is 7.99. The first kappa shape index (κ1) is 22.7. The van der Waals surface area contributed by atoms with Crippen molar-refractivity contribution in [1.82, 2.24) is 25.1 Å². The van der Waals surface area contributed by atoms with Crippen LogP contribution in [0.4, 0.5) is 0 Å².